The molecule has 4 rings (SSSR count). The topological polar surface area (TPSA) is 47.3 Å². The van der Waals surface area contributed by atoms with Crippen LogP contribution in [0.3, 0.4) is 0 Å². The standard InChI is InChI=1S/C14H14N2O2/c17-13-7-18-6-11(13)14-10-4-2-1-3-9(10)12-5-15-8-16(12)14/h1-5,8,11,13-14,17H,6-7H2/t11-,13-,14+/m0/s1. The lowest BCUT2D eigenvalue weighted by Crippen LogP contribution is -2.27. The van der Waals surface area contributed by atoms with Crippen LogP contribution >= 0.6 is 0 Å². The summed E-state index contributed by atoms with van der Waals surface area (Å²) in [7, 11) is 0. The second kappa shape index (κ2) is 3.67. The number of aliphatic hydroxyl groups is 1. The third-order valence-corrected chi connectivity index (χ3v) is 4.02. The predicted molar refractivity (Wildman–Crippen MR) is 66.1 cm³/mol. The smallest absolute Gasteiger partial charge is 0.0956 e. The van der Waals surface area contributed by atoms with Gasteiger partial charge in [-0.15, -0.1) is 0 Å². The number of hydrogen-bond donors (Lipinski definition) is 1. The molecule has 0 radical (unpaired) electrons. The Bertz CT molecular complexity index is 593. The number of imidazole rings is 1. The lowest BCUT2D eigenvalue weighted by Gasteiger charge is -2.23. The fourth-order valence-corrected chi connectivity index (χ4v) is 3.17. The van der Waals surface area contributed by atoms with Gasteiger partial charge in [0, 0.05) is 11.5 Å². The zero-order valence-electron chi connectivity index (χ0n) is 9.86. The van der Waals surface area contributed by atoms with Crippen LogP contribution in [0.25, 0.3) is 11.3 Å². The van der Waals surface area contributed by atoms with Crippen molar-refractivity contribution < 1.29 is 9.84 Å². The van der Waals surface area contributed by atoms with E-state index in [1.807, 2.05) is 24.7 Å². The Labute approximate surface area is 105 Å². The van der Waals surface area contributed by atoms with Crippen molar-refractivity contribution in [2.24, 2.45) is 5.92 Å². The minimum absolute atomic E-state index is 0.113. The summed E-state index contributed by atoms with van der Waals surface area (Å²) in [5.74, 6) is 0.113. The van der Waals surface area contributed by atoms with Crippen molar-refractivity contribution in [1.82, 2.24) is 9.55 Å². The fourth-order valence-electron chi connectivity index (χ4n) is 3.17. The van der Waals surface area contributed by atoms with Crippen molar-refractivity contribution in [2.75, 3.05) is 13.2 Å². The number of rotatable bonds is 1. The molecular formula is C14H14N2O2. The minimum Gasteiger partial charge on any atom is -0.390 e. The molecule has 2 aromatic rings. The summed E-state index contributed by atoms with van der Waals surface area (Å²) in [4.78, 5) is 4.23. The van der Waals surface area contributed by atoms with Crippen molar-refractivity contribution in [3.8, 4) is 11.3 Å². The predicted octanol–water partition coefficient (Wildman–Crippen LogP) is 1.46. The zero-order chi connectivity index (χ0) is 12.1. The Kier molecular flexibility index (Phi) is 2.10. The molecule has 2 aliphatic rings. The highest BCUT2D eigenvalue weighted by Crippen LogP contribution is 2.44. The highest BCUT2D eigenvalue weighted by molar-refractivity contribution is 5.69. The van der Waals surface area contributed by atoms with Gasteiger partial charge in [-0.3, -0.25) is 0 Å². The van der Waals surface area contributed by atoms with Crippen molar-refractivity contribution >= 4 is 0 Å². The van der Waals surface area contributed by atoms with E-state index in [0.29, 0.717) is 13.2 Å². The average Bonchev–Trinajstić information content (AvgIpc) is 3.05. The van der Waals surface area contributed by atoms with Gasteiger partial charge in [0.25, 0.3) is 0 Å². The van der Waals surface area contributed by atoms with Crippen LogP contribution in [0.1, 0.15) is 11.6 Å². The van der Waals surface area contributed by atoms with Gasteiger partial charge in [-0.1, -0.05) is 24.3 Å². The molecule has 3 heterocycles. The van der Waals surface area contributed by atoms with Crippen LogP contribution < -0.4 is 0 Å². The van der Waals surface area contributed by atoms with E-state index in [2.05, 4.69) is 21.7 Å². The molecule has 1 saturated heterocycles. The van der Waals surface area contributed by atoms with E-state index >= 15 is 0 Å². The summed E-state index contributed by atoms with van der Waals surface area (Å²) in [6.07, 6.45) is 3.35. The third-order valence-electron chi connectivity index (χ3n) is 4.02. The molecule has 4 nitrogen and oxygen atoms in total. The quantitative estimate of drug-likeness (QED) is 0.823. The molecule has 0 unspecified atom stereocenters. The number of aliphatic hydroxyl groups excluding tert-OH is 1. The molecule has 1 aromatic carbocycles. The van der Waals surface area contributed by atoms with Gasteiger partial charge in [-0.05, 0) is 5.56 Å². The number of nitrogens with zero attached hydrogens (tertiary/aromatic N) is 2. The van der Waals surface area contributed by atoms with E-state index < -0.39 is 6.10 Å². The highest BCUT2D eigenvalue weighted by Gasteiger charge is 2.40. The van der Waals surface area contributed by atoms with Crippen LogP contribution in [0, 0.1) is 5.92 Å². The van der Waals surface area contributed by atoms with Crippen molar-refractivity contribution in [3.63, 3.8) is 0 Å². The van der Waals surface area contributed by atoms with Crippen LogP contribution in [0.15, 0.2) is 36.8 Å². The zero-order valence-corrected chi connectivity index (χ0v) is 9.86. The molecule has 3 atom stereocenters. The lowest BCUT2D eigenvalue weighted by atomic mass is 9.90. The van der Waals surface area contributed by atoms with Crippen LogP contribution in [-0.2, 0) is 4.74 Å². The molecular weight excluding hydrogens is 228 g/mol. The first-order valence-corrected chi connectivity index (χ1v) is 6.23. The first kappa shape index (κ1) is 10.3. The Morgan fingerprint density at radius 2 is 2.17 bits per heavy atom. The number of ether oxygens (including phenoxy) is 1. The molecule has 0 spiro atoms. The first-order chi connectivity index (χ1) is 8.86. The molecule has 0 saturated carbocycles. The molecule has 0 aliphatic carbocycles. The molecule has 92 valence electrons. The lowest BCUT2D eigenvalue weighted by molar-refractivity contribution is 0.111. The Balaban J connectivity index is 1.89. The molecule has 2 aliphatic heterocycles. The summed E-state index contributed by atoms with van der Waals surface area (Å²) in [6.45, 7) is 1.05. The van der Waals surface area contributed by atoms with Crippen molar-refractivity contribution in [3.05, 3.63) is 42.4 Å². The maximum Gasteiger partial charge on any atom is 0.0956 e. The number of hydrogen-bond acceptors (Lipinski definition) is 3. The largest absolute Gasteiger partial charge is 0.390 e. The molecule has 1 N–H and O–H groups in total. The van der Waals surface area contributed by atoms with Crippen molar-refractivity contribution in [1.29, 1.82) is 0 Å². The van der Waals surface area contributed by atoms with E-state index in [0.717, 1.165) is 5.69 Å². The highest BCUT2D eigenvalue weighted by atomic mass is 16.5. The summed E-state index contributed by atoms with van der Waals surface area (Å²) in [5.41, 5.74) is 3.62. The van der Waals surface area contributed by atoms with Crippen molar-refractivity contribution in [2.45, 2.75) is 12.1 Å². The molecule has 0 amide bonds. The van der Waals surface area contributed by atoms with E-state index in [4.69, 9.17) is 4.74 Å². The van der Waals surface area contributed by atoms with E-state index in [1.165, 1.54) is 11.1 Å². The summed E-state index contributed by atoms with van der Waals surface area (Å²) in [6, 6.07) is 8.49. The Morgan fingerprint density at radius 1 is 1.28 bits per heavy atom. The second-order valence-corrected chi connectivity index (χ2v) is 4.99. The molecule has 1 fully saturated rings. The molecule has 4 heteroatoms. The summed E-state index contributed by atoms with van der Waals surface area (Å²) in [5, 5.41) is 10.1. The van der Waals surface area contributed by atoms with Crippen LogP contribution in [0.5, 0.6) is 0 Å². The Morgan fingerprint density at radius 3 is 3.00 bits per heavy atom. The first-order valence-electron chi connectivity index (χ1n) is 6.23. The van der Waals surface area contributed by atoms with Gasteiger partial charge in [0.15, 0.2) is 0 Å². The fraction of sp³-hybridized carbons (Fsp3) is 0.357. The third kappa shape index (κ3) is 1.24. The minimum atomic E-state index is -0.392. The summed E-state index contributed by atoms with van der Waals surface area (Å²) >= 11 is 0. The van der Waals surface area contributed by atoms with E-state index in [-0.39, 0.29) is 12.0 Å². The second-order valence-electron chi connectivity index (χ2n) is 4.99. The summed E-state index contributed by atoms with van der Waals surface area (Å²) < 4.78 is 7.56. The number of benzene rings is 1. The van der Waals surface area contributed by atoms with Gasteiger partial charge in [-0.25, -0.2) is 4.98 Å². The normalized spacial score (nSPS) is 29.3. The monoisotopic (exact) mass is 242 g/mol. The van der Waals surface area contributed by atoms with Gasteiger partial charge in [0.05, 0.1) is 43.6 Å². The van der Waals surface area contributed by atoms with Crippen LogP contribution in [0.4, 0.5) is 0 Å². The maximum absolute atomic E-state index is 10.1. The average molecular weight is 242 g/mol. The molecule has 1 aromatic heterocycles. The van der Waals surface area contributed by atoms with Gasteiger partial charge < -0.3 is 14.4 Å². The van der Waals surface area contributed by atoms with E-state index in [9.17, 15) is 5.11 Å². The van der Waals surface area contributed by atoms with Gasteiger partial charge in [0.1, 0.15) is 0 Å². The van der Waals surface area contributed by atoms with Gasteiger partial charge in [0.2, 0.25) is 0 Å². The van der Waals surface area contributed by atoms with Gasteiger partial charge in [-0.2, -0.15) is 0 Å². The Hall–Kier alpha value is -1.65. The van der Waals surface area contributed by atoms with Gasteiger partial charge >= 0.3 is 0 Å². The molecule has 0 bridgehead atoms. The maximum atomic E-state index is 10.1. The molecule has 18 heavy (non-hydrogen) atoms. The van der Waals surface area contributed by atoms with Crippen LogP contribution in [-0.4, -0.2) is 34.0 Å². The van der Waals surface area contributed by atoms with Crippen LogP contribution in [0.2, 0.25) is 0 Å². The number of aromatic nitrogens is 2. The SMILES string of the molecule is O[C@H]1COC[C@@H]1[C@H]1c2ccccc2-c2cncn21. The van der Waals surface area contributed by atoms with E-state index in [1.54, 1.807) is 0 Å². The number of fused-ring (bicyclic) bond motifs is 3.